The molecule has 0 aliphatic carbocycles. The zero-order valence-electron chi connectivity index (χ0n) is 12.1. The van der Waals surface area contributed by atoms with Gasteiger partial charge in [0.15, 0.2) is 5.69 Å². The van der Waals surface area contributed by atoms with Gasteiger partial charge >= 0.3 is 0 Å². The second kappa shape index (κ2) is 5.48. The van der Waals surface area contributed by atoms with Gasteiger partial charge in [-0.25, -0.2) is 0 Å². The van der Waals surface area contributed by atoms with Gasteiger partial charge in [0.05, 0.1) is 0 Å². The minimum atomic E-state index is -0.193. The number of carbonyl (C=O) groups excluding carboxylic acids is 2. The van der Waals surface area contributed by atoms with E-state index in [2.05, 4.69) is 10.1 Å². The van der Waals surface area contributed by atoms with Crippen LogP contribution in [0, 0.1) is 12.8 Å². The van der Waals surface area contributed by atoms with Crippen molar-refractivity contribution in [3.05, 3.63) is 17.5 Å². The molecule has 0 bridgehead atoms. The van der Waals surface area contributed by atoms with Crippen LogP contribution in [0.25, 0.3) is 0 Å². The fourth-order valence-electron chi connectivity index (χ4n) is 3.03. The second-order valence-electron chi connectivity index (χ2n) is 5.90. The van der Waals surface area contributed by atoms with Crippen molar-refractivity contribution in [2.75, 3.05) is 26.2 Å². The van der Waals surface area contributed by atoms with Crippen molar-refractivity contribution >= 4 is 11.8 Å². The van der Waals surface area contributed by atoms with Crippen molar-refractivity contribution in [1.29, 1.82) is 0 Å². The maximum absolute atomic E-state index is 12.1. The van der Waals surface area contributed by atoms with Gasteiger partial charge in [0.1, 0.15) is 5.76 Å². The topological polar surface area (TPSA) is 92.7 Å². The van der Waals surface area contributed by atoms with Crippen LogP contribution in [0.5, 0.6) is 0 Å². The third-order valence-electron chi connectivity index (χ3n) is 4.44. The highest BCUT2D eigenvalue weighted by Crippen LogP contribution is 2.24. The number of likely N-dealkylation sites (tertiary alicyclic amines) is 2. The van der Waals surface area contributed by atoms with Gasteiger partial charge in [0.2, 0.25) is 5.91 Å². The average molecular weight is 292 g/mol. The van der Waals surface area contributed by atoms with E-state index in [0.29, 0.717) is 30.6 Å². The Morgan fingerprint density at radius 1 is 1.33 bits per heavy atom. The molecule has 0 saturated carbocycles. The highest BCUT2D eigenvalue weighted by molar-refractivity contribution is 5.92. The molecule has 0 unspecified atom stereocenters. The summed E-state index contributed by atoms with van der Waals surface area (Å²) < 4.78 is 4.93. The van der Waals surface area contributed by atoms with Gasteiger partial charge < -0.3 is 15.2 Å². The molecule has 2 fully saturated rings. The summed E-state index contributed by atoms with van der Waals surface area (Å²) in [6.07, 6.45) is 1.64. The molecule has 2 N–H and O–H groups in total. The van der Waals surface area contributed by atoms with Gasteiger partial charge in [0, 0.05) is 31.1 Å². The fourth-order valence-corrected chi connectivity index (χ4v) is 3.03. The summed E-state index contributed by atoms with van der Waals surface area (Å²) in [5, 5.41) is 3.75. The van der Waals surface area contributed by atoms with Gasteiger partial charge in [-0.15, -0.1) is 0 Å². The summed E-state index contributed by atoms with van der Waals surface area (Å²) in [4.78, 5) is 27.4. The van der Waals surface area contributed by atoms with Crippen LogP contribution in [0.3, 0.4) is 0 Å². The number of primary amides is 1. The molecule has 2 saturated heterocycles. The van der Waals surface area contributed by atoms with E-state index < -0.39 is 0 Å². The maximum atomic E-state index is 12.1. The number of hydrogen-bond acceptors (Lipinski definition) is 5. The van der Waals surface area contributed by atoms with Crippen LogP contribution in [0.4, 0.5) is 0 Å². The van der Waals surface area contributed by atoms with E-state index in [1.807, 2.05) is 0 Å². The Bertz CT molecular complexity index is 542. The van der Waals surface area contributed by atoms with Crippen molar-refractivity contribution in [2.45, 2.75) is 25.8 Å². The Hall–Kier alpha value is -1.89. The molecule has 1 aromatic rings. The van der Waals surface area contributed by atoms with Crippen LogP contribution >= 0.6 is 0 Å². The first kappa shape index (κ1) is 14.1. The Kier molecular flexibility index (Phi) is 3.67. The van der Waals surface area contributed by atoms with Crippen molar-refractivity contribution in [3.63, 3.8) is 0 Å². The van der Waals surface area contributed by atoms with E-state index >= 15 is 0 Å². The molecule has 2 amide bonds. The number of nitrogens with two attached hydrogens (primary N) is 1. The van der Waals surface area contributed by atoms with Crippen LogP contribution in [-0.2, 0) is 4.79 Å². The first-order valence-corrected chi connectivity index (χ1v) is 7.30. The minimum Gasteiger partial charge on any atom is -0.369 e. The largest absolute Gasteiger partial charge is 0.369 e. The highest BCUT2D eigenvalue weighted by Gasteiger charge is 2.37. The van der Waals surface area contributed by atoms with Crippen molar-refractivity contribution in [2.24, 2.45) is 11.7 Å². The van der Waals surface area contributed by atoms with Gasteiger partial charge in [-0.2, -0.15) is 0 Å². The SMILES string of the molecule is Cc1cc(C(=O)N2CC(N3CCC(C(N)=O)CC3)C2)no1. The third kappa shape index (κ3) is 2.78. The predicted octanol–water partition coefficient (Wildman–Crippen LogP) is 0.00472. The zero-order valence-corrected chi connectivity index (χ0v) is 12.1. The molecule has 2 aliphatic heterocycles. The van der Waals surface area contributed by atoms with Crippen molar-refractivity contribution in [3.8, 4) is 0 Å². The normalized spacial score (nSPS) is 21.3. The molecule has 0 radical (unpaired) electrons. The van der Waals surface area contributed by atoms with Crippen LogP contribution in [0.15, 0.2) is 10.6 Å². The number of nitrogens with zero attached hydrogens (tertiary/aromatic N) is 3. The van der Waals surface area contributed by atoms with Gasteiger partial charge in [-0.1, -0.05) is 5.16 Å². The molecule has 0 atom stereocenters. The molecule has 0 spiro atoms. The van der Waals surface area contributed by atoms with Crippen LogP contribution in [-0.4, -0.2) is 59.0 Å². The predicted molar refractivity (Wildman–Crippen MR) is 74.4 cm³/mol. The first-order chi connectivity index (χ1) is 10.0. The third-order valence-corrected chi connectivity index (χ3v) is 4.44. The second-order valence-corrected chi connectivity index (χ2v) is 5.90. The Balaban J connectivity index is 1.48. The number of carbonyl (C=O) groups is 2. The molecule has 3 rings (SSSR count). The molecule has 114 valence electrons. The molecule has 7 heteroatoms. The molecule has 21 heavy (non-hydrogen) atoms. The molecule has 7 nitrogen and oxygen atoms in total. The fraction of sp³-hybridized carbons (Fsp3) is 0.643. The Morgan fingerprint density at radius 3 is 2.52 bits per heavy atom. The van der Waals surface area contributed by atoms with E-state index in [-0.39, 0.29) is 17.7 Å². The smallest absolute Gasteiger partial charge is 0.276 e. The summed E-state index contributed by atoms with van der Waals surface area (Å²) in [5.74, 6) is 0.387. The van der Waals surface area contributed by atoms with Crippen LogP contribution in [0.1, 0.15) is 29.1 Å². The zero-order chi connectivity index (χ0) is 15.0. The molecule has 0 aromatic carbocycles. The number of rotatable bonds is 3. The highest BCUT2D eigenvalue weighted by atomic mass is 16.5. The lowest BCUT2D eigenvalue weighted by Gasteiger charge is -2.47. The van der Waals surface area contributed by atoms with Crippen molar-refractivity contribution < 1.29 is 14.1 Å². The van der Waals surface area contributed by atoms with Crippen molar-refractivity contribution in [1.82, 2.24) is 15.0 Å². The quantitative estimate of drug-likeness (QED) is 0.847. The van der Waals surface area contributed by atoms with Crippen LogP contribution in [0.2, 0.25) is 0 Å². The molecule has 2 aliphatic rings. The van der Waals surface area contributed by atoms with Crippen LogP contribution < -0.4 is 5.73 Å². The number of hydrogen-bond donors (Lipinski definition) is 1. The summed E-state index contributed by atoms with van der Waals surface area (Å²) >= 11 is 0. The van der Waals surface area contributed by atoms with E-state index in [1.165, 1.54) is 0 Å². The number of piperidine rings is 1. The molecular formula is C14H20N4O3. The summed E-state index contributed by atoms with van der Waals surface area (Å²) in [5.41, 5.74) is 5.71. The van der Waals surface area contributed by atoms with E-state index in [1.54, 1.807) is 17.9 Å². The molecule has 1 aromatic heterocycles. The average Bonchev–Trinajstić information content (AvgIpc) is 2.84. The molecular weight excluding hydrogens is 272 g/mol. The van der Waals surface area contributed by atoms with E-state index in [4.69, 9.17) is 10.3 Å². The Morgan fingerprint density at radius 2 is 2.00 bits per heavy atom. The van der Waals surface area contributed by atoms with Gasteiger partial charge in [-0.3, -0.25) is 14.5 Å². The standard InChI is InChI=1S/C14H20N4O3/c1-9-6-12(16-21-9)14(20)18-7-11(8-18)17-4-2-10(3-5-17)13(15)19/h6,10-11H,2-5,7-8H2,1H3,(H2,15,19). The number of aryl methyl sites for hydroxylation is 1. The minimum absolute atomic E-state index is 0.0113. The summed E-state index contributed by atoms with van der Waals surface area (Å²) in [6, 6.07) is 2.05. The van der Waals surface area contributed by atoms with E-state index in [9.17, 15) is 9.59 Å². The number of amides is 2. The summed E-state index contributed by atoms with van der Waals surface area (Å²) in [6.45, 7) is 4.95. The lowest BCUT2D eigenvalue weighted by Crippen LogP contribution is -2.62. The van der Waals surface area contributed by atoms with Gasteiger partial charge in [0.25, 0.3) is 5.91 Å². The summed E-state index contributed by atoms with van der Waals surface area (Å²) in [7, 11) is 0. The van der Waals surface area contributed by atoms with E-state index in [0.717, 1.165) is 25.9 Å². The first-order valence-electron chi connectivity index (χ1n) is 7.30. The monoisotopic (exact) mass is 292 g/mol. The molecule has 3 heterocycles. The lowest BCUT2D eigenvalue weighted by molar-refractivity contribution is -0.123. The maximum Gasteiger partial charge on any atom is 0.276 e. The van der Waals surface area contributed by atoms with Gasteiger partial charge in [-0.05, 0) is 32.9 Å². The Labute approximate surface area is 123 Å². The number of aromatic nitrogens is 1. The lowest BCUT2D eigenvalue weighted by atomic mass is 9.93.